The summed E-state index contributed by atoms with van der Waals surface area (Å²) >= 11 is 0. The number of ether oxygens (including phenoxy) is 1. The van der Waals surface area contributed by atoms with E-state index < -0.39 is 5.92 Å². The van der Waals surface area contributed by atoms with Crippen LogP contribution in [-0.2, 0) is 9.59 Å². The second-order valence-corrected chi connectivity index (χ2v) is 8.05. The third-order valence-electron chi connectivity index (χ3n) is 6.19. The van der Waals surface area contributed by atoms with Gasteiger partial charge in [0.2, 0.25) is 0 Å². The van der Waals surface area contributed by atoms with E-state index in [1.807, 2.05) is 17.9 Å². The number of amides is 1. The Bertz CT molecular complexity index is 909. The highest BCUT2D eigenvalue weighted by atomic mass is 16.5. The summed E-state index contributed by atoms with van der Waals surface area (Å²) in [4.78, 5) is 28.4. The zero-order chi connectivity index (χ0) is 20.5. The van der Waals surface area contributed by atoms with Crippen LogP contribution in [0.1, 0.15) is 56.9 Å². The number of ketones is 1. The number of hydrogen-bond donors (Lipinski definition) is 2. The molecule has 0 saturated carbocycles. The Morgan fingerprint density at radius 1 is 1.17 bits per heavy atom. The Hall–Kier alpha value is -2.76. The highest BCUT2D eigenvalue weighted by Crippen LogP contribution is 2.44. The number of Topliss-reactive ketones (excluding diaryl/α,β-unsaturated/α-hetero) is 1. The first-order valence-corrected chi connectivity index (χ1v) is 10.4. The Labute approximate surface area is 171 Å². The van der Waals surface area contributed by atoms with E-state index in [1.54, 1.807) is 12.1 Å². The maximum absolute atomic E-state index is 13.5. The van der Waals surface area contributed by atoms with Crippen molar-refractivity contribution in [1.82, 2.24) is 10.2 Å². The zero-order valence-corrected chi connectivity index (χ0v) is 17.1. The molecule has 1 saturated heterocycles. The van der Waals surface area contributed by atoms with E-state index >= 15 is 0 Å². The summed E-state index contributed by atoms with van der Waals surface area (Å²) < 4.78 is 5.18. The van der Waals surface area contributed by atoms with Crippen LogP contribution in [0.2, 0.25) is 0 Å². The molecule has 2 aliphatic heterocycles. The minimum Gasteiger partial charge on any atom is -0.504 e. The van der Waals surface area contributed by atoms with Gasteiger partial charge in [-0.15, -0.1) is 0 Å². The number of carbonyl (C=O) groups excluding carboxylic acids is 2. The number of nitrogens with zero attached hydrogens (tertiary/aromatic N) is 1. The minimum atomic E-state index is -0.467. The lowest BCUT2D eigenvalue weighted by Crippen LogP contribution is -2.42. The second-order valence-electron chi connectivity index (χ2n) is 8.05. The van der Waals surface area contributed by atoms with E-state index in [1.165, 1.54) is 7.11 Å². The molecule has 29 heavy (non-hydrogen) atoms. The summed E-state index contributed by atoms with van der Waals surface area (Å²) in [5.41, 5.74) is 3.74. The maximum atomic E-state index is 13.5. The molecule has 1 amide bonds. The fourth-order valence-corrected chi connectivity index (χ4v) is 4.75. The van der Waals surface area contributed by atoms with Crippen molar-refractivity contribution in [2.24, 2.45) is 0 Å². The Kier molecular flexibility index (Phi) is 5.35. The number of likely N-dealkylation sites (tertiary alicyclic amines) is 1. The van der Waals surface area contributed by atoms with E-state index in [-0.39, 0.29) is 17.4 Å². The van der Waals surface area contributed by atoms with Gasteiger partial charge < -0.3 is 20.1 Å². The highest BCUT2D eigenvalue weighted by molar-refractivity contribution is 6.05. The molecule has 1 aromatic carbocycles. The highest BCUT2D eigenvalue weighted by Gasteiger charge is 2.40. The van der Waals surface area contributed by atoms with Crippen molar-refractivity contribution in [1.29, 1.82) is 0 Å². The topological polar surface area (TPSA) is 78.9 Å². The average Bonchev–Trinajstić information content (AvgIpc) is 2.73. The smallest absolute Gasteiger partial charge is 0.252 e. The molecule has 6 heteroatoms. The number of hydrogen-bond acceptors (Lipinski definition) is 5. The Morgan fingerprint density at radius 2 is 1.93 bits per heavy atom. The Balaban J connectivity index is 1.82. The molecular formula is C23H28N2O4. The van der Waals surface area contributed by atoms with Crippen molar-refractivity contribution < 1.29 is 19.4 Å². The van der Waals surface area contributed by atoms with Crippen molar-refractivity contribution in [2.45, 2.75) is 51.4 Å². The third-order valence-corrected chi connectivity index (χ3v) is 6.19. The summed E-state index contributed by atoms with van der Waals surface area (Å²) in [5, 5.41) is 13.7. The zero-order valence-electron chi connectivity index (χ0n) is 17.1. The SMILES string of the molecule is COc1ccc([C@H]2C(C(=O)N3CCCCC3)=C(C)NC3=C2C(=O)CCC3)cc1O. The van der Waals surface area contributed by atoms with Gasteiger partial charge in [0, 0.05) is 48.0 Å². The molecule has 2 N–H and O–H groups in total. The first-order chi connectivity index (χ1) is 14.0. The van der Waals surface area contributed by atoms with Crippen LogP contribution in [-0.4, -0.2) is 41.9 Å². The van der Waals surface area contributed by atoms with Gasteiger partial charge >= 0.3 is 0 Å². The van der Waals surface area contributed by atoms with Gasteiger partial charge in [0.25, 0.3) is 5.91 Å². The first-order valence-electron chi connectivity index (χ1n) is 10.4. The van der Waals surface area contributed by atoms with Gasteiger partial charge in [0.15, 0.2) is 17.3 Å². The van der Waals surface area contributed by atoms with Crippen molar-refractivity contribution >= 4 is 11.7 Å². The average molecular weight is 396 g/mol. The molecule has 1 aliphatic carbocycles. The van der Waals surface area contributed by atoms with Gasteiger partial charge in [-0.25, -0.2) is 0 Å². The third kappa shape index (κ3) is 3.52. The number of nitrogens with one attached hydrogen (secondary N) is 1. The molecule has 6 nitrogen and oxygen atoms in total. The first kappa shape index (κ1) is 19.6. The molecule has 1 aromatic rings. The largest absolute Gasteiger partial charge is 0.504 e. The van der Waals surface area contributed by atoms with Crippen LogP contribution >= 0.6 is 0 Å². The molecule has 0 radical (unpaired) electrons. The molecule has 1 fully saturated rings. The number of carbonyl (C=O) groups is 2. The number of piperidine rings is 1. The molecular weight excluding hydrogens is 368 g/mol. The molecule has 0 bridgehead atoms. The molecule has 154 valence electrons. The van der Waals surface area contributed by atoms with Crippen molar-refractivity contribution in [3.63, 3.8) is 0 Å². The van der Waals surface area contributed by atoms with E-state index in [9.17, 15) is 14.7 Å². The number of phenols is 1. The molecule has 0 unspecified atom stereocenters. The van der Waals surface area contributed by atoms with E-state index in [2.05, 4.69) is 5.32 Å². The molecule has 0 spiro atoms. The number of aromatic hydroxyl groups is 1. The van der Waals surface area contributed by atoms with Crippen LogP contribution in [0.5, 0.6) is 11.5 Å². The number of allylic oxidation sites excluding steroid dienone is 3. The lowest BCUT2D eigenvalue weighted by atomic mass is 9.74. The van der Waals surface area contributed by atoms with Gasteiger partial charge in [-0.05, 0) is 56.7 Å². The predicted octanol–water partition coefficient (Wildman–Crippen LogP) is 3.38. The lowest BCUT2D eigenvalue weighted by molar-refractivity contribution is -0.128. The van der Waals surface area contributed by atoms with Gasteiger partial charge in [-0.1, -0.05) is 6.07 Å². The monoisotopic (exact) mass is 396 g/mol. The minimum absolute atomic E-state index is 0.0105. The van der Waals surface area contributed by atoms with E-state index in [0.717, 1.165) is 62.2 Å². The molecule has 4 rings (SSSR count). The number of methoxy groups -OCH3 is 1. The summed E-state index contributed by atoms with van der Waals surface area (Å²) in [6.45, 7) is 3.41. The normalized spacial score (nSPS) is 22.3. The fraction of sp³-hybridized carbons (Fsp3) is 0.478. The summed E-state index contributed by atoms with van der Waals surface area (Å²) in [6.07, 6.45) is 5.25. The molecule has 3 aliphatic rings. The van der Waals surface area contributed by atoms with E-state index in [4.69, 9.17) is 4.74 Å². The molecule has 1 atom stereocenters. The van der Waals surface area contributed by atoms with Crippen LogP contribution in [0.25, 0.3) is 0 Å². The summed E-state index contributed by atoms with van der Waals surface area (Å²) in [7, 11) is 1.50. The summed E-state index contributed by atoms with van der Waals surface area (Å²) in [6, 6.07) is 5.16. The van der Waals surface area contributed by atoms with Crippen LogP contribution in [0.4, 0.5) is 0 Å². The van der Waals surface area contributed by atoms with E-state index in [0.29, 0.717) is 23.3 Å². The van der Waals surface area contributed by atoms with Gasteiger partial charge in [0.05, 0.1) is 7.11 Å². The van der Waals surface area contributed by atoms with Crippen LogP contribution in [0.3, 0.4) is 0 Å². The number of rotatable bonds is 3. The Morgan fingerprint density at radius 3 is 2.62 bits per heavy atom. The fourth-order valence-electron chi connectivity index (χ4n) is 4.75. The predicted molar refractivity (Wildman–Crippen MR) is 110 cm³/mol. The quantitative estimate of drug-likeness (QED) is 0.819. The molecule has 0 aromatic heterocycles. The van der Waals surface area contributed by atoms with Crippen LogP contribution in [0, 0.1) is 0 Å². The van der Waals surface area contributed by atoms with Crippen molar-refractivity contribution in [3.05, 3.63) is 46.3 Å². The van der Waals surface area contributed by atoms with Crippen LogP contribution in [0.15, 0.2) is 40.7 Å². The number of phenolic OH excluding ortho intramolecular Hbond substituents is 1. The van der Waals surface area contributed by atoms with Crippen molar-refractivity contribution in [2.75, 3.05) is 20.2 Å². The second kappa shape index (κ2) is 7.93. The lowest BCUT2D eigenvalue weighted by Gasteiger charge is -2.37. The van der Waals surface area contributed by atoms with Crippen molar-refractivity contribution in [3.8, 4) is 11.5 Å². The van der Waals surface area contributed by atoms with Gasteiger partial charge in [-0.2, -0.15) is 0 Å². The van der Waals surface area contributed by atoms with Crippen LogP contribution < -0.4 is 10.1 Å². The molecule has 2 heterocycles. The number of dihydropyridines is 1. The standard InChI is InChI=1S/C23H28N2O4/c1-14-20(23(28)25-11-4-3-5-12-25)21(15-9-10-19(29-2)18(27)13-15)22-16(24-14)7-6-8-17(22)26/h9-10,13,21,24,27H,3-8,11-12H2,1-2H3/t21-/m0/s1. The summed E-state index contributed by atoms with van der Waals surface area (Å²) in [5.74, 6) is -0.0199. The van der Waals surface area contributed by atoms with Gasteiger partial charge in [0.1, 0.15) is 0 Å². The maximum Gasteiger partial charge on any atom is 0.252 e. The number of benzene rings is 1. The van der Waals surface area contributed by atoms with Gasteiger partial charge in [-0.3, -0.25) is 9.59 Å².